The second kappa shape index (κ2) is 6.00. The minimum absolute atomic E-state index is 0.535. The maximum atomic E-state index is 4.11. The van der Waals surface area contributed by atoms with E-state index in [2.05, 4.69) is 29.4 Å². The molecule has 0 amide bonds. The standard InChI is InChI=1S/C14H22N2/c1-2-16-14(12-6-4-3-5-7-12)13-8-10-15-11-9-13/h8-12,14,16H,2-7H2,1H3. The Hall–Kier alpha value is -0.890. The molecule has 88 valence electrons. The molecule has 0 radical (unpaired) electrons. The van der Waals surface area contributed by atoms with E-state index in [-0.39, 0.29) is 0 Å². The Kier molecular flexibility index (Phi) is 4.34. The summed E-state index contributed by atoms with van der Waals surface area (Å²) in [5.41, 5.74) is 1.41. The molecule has 1 aliphatic carbocycles. The Morgan fingerprint density at radius 2 is 1.94 bits per heavy atom. The molecule has 1 saturated carbocycles. The fourth-order valence-corrected chi connectivity index (χ4v) is 2.81. The maximum absolute atomic E-state index is 4.11. The molecule has 2 rings (SSSR count). The van der Waals surface area contributed by atoms with Gasteiger partial charge in [0.2, 0.25) is 0 Å². The van der Waals surface area contributed by atoms with Gasteiger partial charge >= 0.3 is 0 Å². The van der Waals surface area contributed by atoms with Gasteiger partial charge in [-0.2, -0.15) is 0 Å². The molecule has 1 aliphatic rings. The molecule has 0 bridgehead atoms. The van der Waals surface area contributed by atoms with Crippen LogP contribution < -0.4 is 5.32 Å². The zero-order valence-corrected chi connectivity index (χ0v) is 10.2. The summed E-state index contributed by atoms with van der Waals surface area (Å²) >= 11 is 0. The fraction of sp³-hybridized carbons (Fsp3) is 0.643. The first-order valence-corrected chi connectivity index (χ1v) is 6.55. The van der Waals surface area contributed by atoms with Crippen molar-refractivity contribution in [2.45, 2.75) is 45.1 Å². The third-order valence-corrected chi connectivity index (χ3v) is 3.61. The van der Waals surface area contributed by atoms with Crippen molar-refractivity contribution in [3.8, 4) is 0 Å². The van der Waals surface area contributed by atoms with Crippen LogP contribution in [0.2, 0.25) is 0 Å². The summed E-state index contributed by atoms with van der Waals surface area (Å²) < 4.78 is 0. The van der Waals surface area contributed by atoms with Crippen molar-refractivity contribution in [3.05, 3.63) is 30.1 Å². The minimum Gasteiger partial charge on any atom is -0.310 e. The molecule has 2 heteroatoms. The van der Waals surface area contributed by atoms with E-state index in [0.717, 1.165) is 12.5 Å². The average molecular weight is 218 g/mol. The van der Waals surface area contributed by atoms with Crippen LogP contribution in [0, 0.1) is 5.92 Å². The quantitative estimate of drug-likeness (QED) is 0.838. The first kappa shape index (κ1) is 11.6. The normalized spacial score (nSPS) is 19.6. The molecular formula is C14H22N2. The average Bonchev–Trinajstić information content (AvgIpc) is 2.38. The molecule has 0 aromatic carbocycles. The zero-order chi connectivity index (χ0) is 11.2. The SMILES string of the molecule is CCNC(c1ccncc1)C1CCCCC1. The number of pyridine rings is 1. The molecule has 0 aliphatic heterocycles. The lowest BCUT2D eigenvalue weighted by Crippen LogP contribution is -2.29. The van der Waals surface area contributed by atoms with Crippen molar-refractivity contribution in [3.63, 3.8) is 0 Å². The van der Waals surface area contributed by atoms with Gasteiger partial charge in [0.25, 0.3) is 0 Å². The van der Waals surface area contributed by atoms with Crippen LogP contribution in [0.3, 0.4) is 0 Å². The topological polar surface area (TPSA) is 24.9 Å². The molecule has 0 spiro atoms. The molecule has 1 heterocycles. The summed E-state index contributed by atoms with van der Waals surface area (Å²) in [7, 11) is 0. The summed E-state index contributed by atoms with van der Waals surface area (Å²) in [4.78, 5) is 4.11. The molecule has 16 heavy (non-hydrogen) atoms. The van der Waals surface area contributed by atoms with Crippen LogP contribution in [0.1, 0.15) is 50.6 Å². The lowest BCUT2D eigenvalue weighted by Gasteiger charge is -2.31. The third-order valence-electron chi connectivity index (χ3n) is 3.61. The van der Waals surface area contributed by atoms with Crippen LogP contribution in [-0.2, 0) is 0 Å². The van der Waals surface area contributed by atoms with Crippen molar-refractivity contribution >= 4 is 0 Å². The van der Waals surface area contributed by atoms with Gasteiger partial charge in [-0.25, -0.2) is 0 Å². The van der Waals surface area contributed by atoms with Gasteiger partial charge in [-0.05, 0) is 43.0 Å². The Labute approximate surface area is 98.5 Å². The van der Waals surface area contributed by atoms with Crippen LogP contribution >= 0.6 is 0 Å². The largest absolute Gasteiger partial charge is 0.310 e. The fourth-order valence-electron chi connectivity index (χ4n) is 2.81. The van der Waals surface area contributed by atoms with Crippen molar-refractivity contribution in [1.82, 2.24) is 10.3 Å². The van der Waals surface area contributed by atoms with Gasteiger partial charge in [0.1, 0.15) is 0 Å². The highest BCUT2D eigenvalue weighted by atomic mass is 14.9. The predicted molar refractivity (Wildman–Crippen MR) is 67.2 cm³/mol. The zero-order valence-electron chi connectivity index (χ0n) is 10.2. The van der Waals surface area contributed by atoms with Crippen LogP contribution in [-0.4, -0.2) is 11.5 Å². The van der Waals surface area contributed by atoms with E-state index < -0.39 is 0 Å². The van der Waals surface area contributed by atoms with E-state index in [1.54, 1.807) is 0 Å². The summed E-state index contributed by atoms with van der Waals surface area (Å²) in [6, 6.07) is 4.84. The second-order valence-corrected chi connectivity index (χ2v) is 4.71. The van der Waals surface area contributed by atoms with Gasteiger partial charge in [-0.15, -0.1) is 0 Å². The van der Waals surface area contributed by atoms with E-state index in [1.165, 1.54) is 37.7 Å². The molecule has 1 fully saturated rings. The Morgan fingerprint density at radius 1 is 1.25 bits per heavy atom. The highest BCUT2D eigenvalue weighted by molar-refractivity contribution is 5.16. The number of rotatable bonds is 4. The number of nitrogens with one attached hydrogen (secondary N) is 1. The van der Waals surface area contributed by atoms with E-state index in [1.807, 2.05) is 12.4 Å². The molecule has 2 nitrogen and oxygen atoms in total. The van der Waals surface area contributed by atoms with Gasteiger partial charge in [-0.3, -0.25) is 4.98 Å². The van der Waals surface area contributed by atoms with Crippen molar-refractivity contribution in [1.29, 1.82) is 0 Å². The van der Waals surface area contributed by atoms with Gasteiger partial charge in [0.05, 0.1) is 0 Å². The van der Waals surface area contributed by atoms with E-state index >= 15 is 0 Å². The number of nitrogens with zero attached hydrogens (tertiary/aromatic N) is 1. The summed E-state index contributed by atoms with van der Waals surface area (Å²) in [6.07, 6.45) is 10.8. The van der Waals surface area contributed by atoms with Crippen LogP contribution in [0.5, 0.6) is 0 Å². The first-order valence-electron chi connectivity index (χ1n) is 6.55. The molecule has 0 saturated heterocycles. The predicted octanol–water partition coefficient (Wildman–Crippen LogP) is 3.31. The van der Waals surface area contributed by atoms with Crippen LogP contribution in [0.15, 0.2) is 24.5 Å². The van der Waals surface area contributed by atoms with E-state index in [4.69, 9.17) is 0 Å². The van der Waals surface area contributed by atoms with Crippen molar-refractivity contribution in [2.24, 2.45) is 5.92 Å². The maximum Gasteiger partial charge on any atom is 0.0349 e. The molecule has 1 unspecified atom stereocenters. The highest BCUT2D eigenvalue weighted by Crippen LogP contribution is 2.34. The van der Waals surface area contributed by atoms with Gasteiger partial charge in [-0.1, -0.05) is 26.2 Å². The van der Waals surface area contributed by atoms with Crippen molar-refractivity contribution in [2.75, 3.05) is 6.54 Å². The third kappa shape index (κ3) is 2.82. The molecule has 1 atom stereocenters. The molecular weight excluding hydrogens is 196 g/mol. The molecule has 1 N–H and O–H groups in total. The Morgan fingerprint density at radius 3 is 2.56 bits per heavy atom. The lowest BCUT2D eigenvalue weighted by molar-refractivity contribution is 0.274. The molecule has 1 aromatic rings. The van der Waals surface area contributed by atoms with Gasteiger partial charge in [0.15, 0.2) is 0 Å². The van der Waals surface area contributed by atoms with Gasteiger partial charge < -0.3 is 5.32 Å². The Balaban J connectivity index is 2.09. The minimum atomic E-state index is 0.535. The van der Waals surface area contributed by atoms with Gasteiger partial charge in [0, 0.05) is 18.4 Å². The summed E-state index contributed by atoms with van der Waals surface area (Å²) in [5.74, 6) is 0.816. The monoisotopic (exact) mass is 218 g/mol. The smallest absolute Gasteiger partial charge is 0.0349 e. The van der Waals surface area contributed by atoms with E-state index in [9.17, 15) is 0 Å². The van der Waals surface area contributed by atoms with Crippen LogP contribution in [0.25, 0.3) is 0 Å². The van der Waals surface area contributed by atoms with Crippen molar-refractivity contribution < 1.29 is 0 Å². The second-order valence-electron chi connectivity index (χ2n) is 4.71. The summed E-state index contributed by atoms with van der Waals surface area (Å²) in [6.45, 7) is 3.24. The first-order chi connectivity index (χ1) is 7.92. The number of hydrogen-bond acceptors (Lipinski definition) is 2. The molecule has 1 aromatic heterocycles. The number of hydrogen-bond donors (Lipinski definition) is 1. The Bertz CT molecular complexity index is 291. The highest BCUT2D eigenvalue weighted by Gasteiger charge is 2.23. The summed E-state index contributed by atoms with van der Waals surface area (Å²) in [5, 5.41) is 3.64. The number of aromatic nitrogens is 1. The lowest BCUT2D eigenvalue weighted by atomic mass is 9.81. The van der Waals surface area contributed by atoms with Crippen LogP contribution in [0.4, 0.5) is 0 Å². The van der Waals surface area contributed by atoms with E-state index in [0.29, 0.717) is 6.04 Å².